The first-order chi connectivity index (χ1) is 10.1. The minimum Gasteiger partial charge on any atom is -0.494 e. The molecule has 0 radical (unpaired) electrons. The molecular weight excluding hydrogens is 291 g/mol. The summed E-state index contributed by atoms with van der Waals surface area (Å²) in [6.07, 6.45) is 1.09. The summed E-state index contributed by atoms with van der Waals surface area (Å²) in [5.41, 5.74) is 2.95. The monoisotopic (exact) mass is 306 g/mol. The molecule has 4 heteroatoms. The Morgan fingerprint density at radius 1 is 1.24 bits per heavy atom. The Morgan fingerprint density at radius 3 is 2.71 bits per heavy atom. The zero-order valence-electron chi connectivity index (χ0n) is 11.9. The lowest BCUT2D eigenvalue weighted by Crippen LogP contribution is -2.05. The summed E-state index contributed by atoms with van der Waals surface area (Å²) in [6, 6.07) is 10.7. The van der Waals surface area contributed by atoms with Crippen molar-refractivity contribution in [1.29, 1.82) is 0 Å². The van der Waals surface area contributed by atoms with Crippen LogP contribution in [-0.4, -0.2) is 13.2 Å². The van der Waals surface area contributed by atoms with Crippen LogP contribution in [0.4, 0.5) is 4.39 Å². The van der Waals surface area contributed by atoms with Gasteiger partial charge in [-0.1, -0.05) is 18.2 Å². The second-order valence-corrected chi connectivity index (χ2v) is 5.69. The van der Waals surface area contributed by atoms with E-state index >= 15 is 0 Å². The second kappa shape index (κ2) is 5.57. The molecule has 0 saturated heterocycles. The van der Waals surface area contributed by atoms with Gasteiger partial charge in [0.15, 0.2) is 11.6 Å². The predicted molar refractivity (Wildman–Crippen MR) is 80.9 cm³/mol. The van der Waals surface area contributed by atoms with Gasteiger partial charge in [-0.25, -0.2) is 4.39 Å². The van der Waals surface area contributed by atoms with Crippen LogP contribution < -0.4 is 9.47 Å². The summed E-state index contributed by atoms with van der Waals surface area (Å²) >= 11 is 6.53. The maximum absolute atomic E-state index is 13.5. The molecule has 0 N–H and O–H groups in total. The Balaban J connectivity index is 1.92. The number of methoxy groups -OCH3 is 1. The second-order valence-electron chi connectivity index (χ2n) is 5.26. The number of rotatable bonds is 3. The first-order valence-electron chi connectivity index (χ1n) is 6.85. The van der Waals surface area contributed by atoms with Crippen LogP contribution in [0.25, 0.3) is 0 Å². The number of alkyl halides is 1. The standard InChI is InChI=1S/C17H16ClFO2/c1-10-7-13-8-11(4-6-15(13)21-10)17(18)12-3-5-14(19)16(9-12)20-2/h3-6,8-10,17H,7H2,1-2H3. The van der Waals surface area contributed by atoms with Crippen molar-refractivity contribution >= 4 is 11.6 Å². The maximum Gasteiger partial charge on any atom is 0.165 e. The van der Waals surface area contributed by atoms with Crippen LogP contribution in [0.1, 0.15) is 29.0 Å². The minimum atomic E-state index is -0.388. The number of hydrogen-bond donors (Lipinski definition) is 0. The molecule has 1 heterocycles. The number of ether oxygens (including phenoxy) is 2. The highest BCUT2D eigenvalue weighted by Gasteiger charge is 2.21. The van der Waals surface area contributed by atoms with Gasteiger partial charge in [0, 0.05) is 6.42 Å². The highest BCUT2D eigenvalue weighted by atomic mass is 35.5. The van der Waals surface area contributed by atoms with E-state index in [1.54, 1.807) is 12.1 Å². The molecule has 1 aliphatic heterocycles. The fourth-order valence-electron chi connectivity index (χ4n) is 2.63. The van der Waals surface area contributed by atoms with E-state index in [0.717, 1.165) is 23.3 Å². The lowest BCUT2D eigenvalue weighted by atomic mass is 10.0. The van der Waals surface area contributed by atoms with Gasteiger partial charge in [-0.3, -0.25) is 0 Å². The van der Waals surface area contributed by atoms with Crippen molar-refractivity contribution in [2.24, 2.45) is 0 Å². The third-order valence-corrected chi connectivity index (χ3v) is 4.18. The molecule has 1 aliphatic rings. The Kier molecular flexibility index (Phi) is 3.77. The van der Waals surface area contributed by atoms with Gasteiger partial charge in [0.1, 0.15) is 11.9 Å². The fourth-order valence-corrected chi connectivity index (χ4v) is 2.90. The molecule has 0 aliphatic carbocycles. The molecular formula is C17H16ClFO2. The predicted octanol–water partition coefficient (Wildman–Crippen LogP) is 4.49. The average Bonchev–Trinajstić information content (AvgIpc) is 2.86. The minimum absolute atomic E-state index is 0.204. The lowest BCUT2D eigenvalue weighted by molar-refractivity contribution is 0.254. The molecule has 2 aromatic carbocycles. The zero-order chi connectivity index (χ0) is 15.0. The normalized spacial score (nSPS) is 18.0. The third-order valence-electron chi connectivity index (χ3n) is 3.68. The van der Waals surface area contributed by atoms with E-state index in [1.165, 1.54) is 18.7 Å². The molecule has 0 bridgehead atoms. The summed E-state index contributed by atoms with van der Waals surface area (Å²) in [7, 11) is 1.44. The van der Waals surface area contributed by atoms with Gasteiger partial charge in [0.05, 0.1) is 12.5 Å². The molecule has 2 nitrogen and oxygen atoms in total. The van der Waals surface area contributed by atoms with Crippen molar-refractivity contribution < 1.29 is 13.9 Å². The summed E-state index contributed by atoms with van der Waals surface area (Å²) in [6.45, 7) is 2.04. The van der Waals surface area contributed by atoms with Gasteiger partial charge in [-0.05, 0) is 41.8 Å². The van der Waals surface area contributed by atoms with Gasteiger partial charge in [-0.2, -0.15) is 0 Å². The highest BCUT2D eigenvalue weighted by molar-refractivity contribution is 6.22. The largest absolute Gasteiger partial charge is 0.494 e. The molecule has 2 atom stereocenters. The van der Waals surface area contributed by atoms with E-state index in [0.29, 0.717) is 0 Å². The van der Waals surface area contributed by atoms with E-state index in [1.807, 2.05) is 19.1 Å². The maximum atomic E-state index is 13.5. The molecule has 0 aromatic heterocycles. The van der Waals surface area contributed by atoms with Gasteiger partial charge in [0.2, 0.25) is 0 Å². The van der Waals surface area contributed by atoms with E-state index in [-0.39, 0.29) is 23.0 Å². The SMILES string of the molecule is COc1cc(C(Cl)c2ccc3c(c2)CC(C)O3)ccc1F. The molecule has 0 saturated carbocycles. The average molecular weight is 307 g/mol. The van der Waals surface area contributed by atoms with Crippen LogP contribution >= 0.6 is 11.6 Å². The molecule has 0 amide bonds. The molecule has 0 fully saturated rings. The van der Waals surface area contributed by atoms with Crippen molar-refractivity contribution in [2.75, 3.05) is 7.11 Å². The van der Waals surface area contributed by atoms with Gasteiger partial charge < -0.3 is 9.47 Å². The Bertz CT molecular complexity index is 672. The van der Waals surface area contributed by atoms with E-state index < -0.39 is 0 Å². The van der Waals surface area contributed by atoms with E-state index in [2.05, 4.69) is 6.07 Å². The van der Waals surface area contributed by atoms with Crippen molar-refractivity contribution in [2.45, 2.75) is 24.8 Å². The number of hydrogen-bond acceptors (Lipinski definition) is 2. The van der Waals surface area contributed by atoms with Crippen LogP contribution in [0.15, 0.2) is 36.4 Å². The van der Waals surface area contributed by atoms with Crippen LogP contribution in [0, 0.1) is 5.82 Å². The van der Waals surface area contributed by atoms with E-state index in [4.69, 9.17) is 21.1 Å². The first-order valence-corrected chi connectivity index (χ1v) is 7.29. The number of halogens is 2. The molecule has 2 unspecified atom stereocenters. The summed E-state index contributed by atoms with van der Waals surface area (Å²) in [4.78, 5) is 0. The van der Waals surface area contributed by atoms with Crippen molar-refractivity contribution in [1.82, 2.24) is 0 Å². The van der Waals surface area contributed by atoms with Crippen molar-refractivity contribution in [3.63, 3.8) is 0 Å². The smallest absolute Gasteiger partial charge is 0.165 e. The van der Waals surface area contributed by atoms with E-state index in [9.17, 15) is 4.39 Å². The van der Waals surface area contributed by atoms with Crippen LogP contribution in [-0.2, 0) is 6.42 Å². The fraction of sp³-hybridized carbons (Fsp3) is 0.294. The summed E-state index contributed by atoms with van der Waals surface area (Å²) in [5, 5.41) is -0.347. The Morgan fingerprint density at radius 2 is 1.95 bits per heavy atom. The van der Waals surface area contributed by atoms with Crippen LogP contribution in [0.2, 0.25) is 0 Å². The zero-order valence-corrected chi connectivity index (χ0v) is 12.7. The Hall–Kier alpha value is -1.74. The number of benzene rings is 2. The molecule has 2 aromatic rings. The lowest BCUT2D eigenvalue weighted by Gasteiger charge is -2.13. The van der Waals surface area contributed by atoms with Crippen molar-refractivity contribution in [3.05, 3.63) is 58.9 Å². The highest BCUT2D eigenvalue weighted by Crippen LogP contribution is 2.36. The molecule has 21 heavy (non-hydrogen) atoms. The molecule has 0 spiro atoms. The van der Waals surface area contributed by atoms with Gasteiger partial charge >= 0.3 is 0 Å². The Labute approximate surface area is 128 Å². The van der Waals surface area contributed by atoms with Crippen LogP contribution in [0.3, 0.4) is 0 Å². The topological polar surface area (TPSA) is 18.5 Å². The first kappa shape index (κ1) is 14.2. The van der Waals surface area contributed by atoms with Crippen molar-refractivity contribution in [3.8, 4) is 11.5 Å². The number of fused-ring (bicyclic) bond motifs is 1. The van der Waals surface area contributed by atoms with Crippen LogP contribution in [0.5, 0.6) is 11.5 Å². The third kappa shape index (κ3) is 2.70. The summed E-state index contributed by atoms with van der Waals surface area (Å²) in [5.74, 6) is 0.740. The molecule has 3 rings (SSSR count). The summed E-state index contributed by atoms with van der Waals surface area (Å²) < 4.78 is 24.2. The molecule has 110 valence electrons. The quantitative estimate of drug-likeness (QED) is 0.778. The van der Waals surface area contributed by atoms with Gasteiger partial charge in [-0.15, -0.1) is 11.6 Å². The van der Waals surface area contributed by atoms with Gasteiger partial charge in [0.25, 0.3) is 0 Å².